The van der Waals surface area contributed by atoms with Crippen molar-refractivity contribution in [3.05, 3.63) is 0 Å². The van der Waals surface area contributed by atoms with Crippen LogP contribution in [0.1, 0.15) is 12.8 Å². The molecule has 0 aliphatic rings. The zero-order valence-corrected chi connectivity index (χ0v) is 9.71. The van der Waals surface area contributed by atoms with Crippen molar-refractivity contribution in [1.82, 2.24) is 4.90 Å². The summed E-state index contributed by atoms with van der Waals surface area (Å²) in [5.41, 5.74) is 0. The third-order valence-corrected chi connectivity index (χ3v) is 2.18. The van der Waals surface area contributed by atoms with Crippen molar-refractivity contribution in [2.24, 2.45) is 0 Å². The van der Waals surface area contributed by atoms with E-state index in [9.17, 15) is 4.79 Å². The summed E-state index contributed by atoms with van der Waals surface area (Å²) < 4.78 is 0. The number of hydrogen-bond acceptors (Lipinski definition) is 2. The van der Waals surface area contributed by atoms with Crippen LogP contribution in [-0.2, 0) is 4.79 Å². The third kappa shape index (κ3) is 8.82. The van der Waals surface area contributed by atoms with Crippen LogP contribution in [0, 0.1) is 0 Å². The van der Waals surface area contributed by atoms with Gasteiger partial charge in [-0.05, 0) is 24.6 Å². The Morgan fingerprint density at radius 1 is 1.08 bits per heavy atom. The monoisotopic (exact) mass is 245 g/mol. The molecule has 5 heteroatoms. The largest absolute Gasteiger partial charge is 0.301 e. The van der Waals surface area contributed by atoms with Gasteiger partial charge in [0.15, 0.2) is 0 Å². The van der Waals surface area contributed by atoms with Crippen molar-refractivity contribution < 1.29 is 4.79 Å². The predicted octanol–water partition coefficient (Wildman–Crippen LogP) is 2.31. The van der Waals surface area contributed by atoms with Crippen molar-refractivity contribution in [2.75, 3.05) is 31.4 Å². The van der Waals surface area contributed by atoms with Gasteiger partial charge in [-0.1, -0.05) is 0 Å². The van der Waals surface area contributed by atoms with Crippen LogP contribution in [0.4, 0.5) is 0 Å². The summed E-state index contributed by atoms with van der Waals surface area (Å²) in [6.07, 6.45) is 1.19. The van der Waals surface area contributed by atoms with E-state index in [1.165, 1.54) is 0 Å². The molecule has 0 atom stereocenters. The molecule has 0 aliphatic heterocycles. The second-order valence-electron chi connectivity index (χ2n) is 2.68. The van der Waals surface area contributed by atoms with Gasteiger partial charge in [-0.15, -0.1) is 23.2 Å². The summed E-state index contributed by atoms with van der Waals surface area (Å²) in [4.78, 5) is 12.6. The van der Waals surface area contributed by atoms with Gasteiger partial charge in [0.25, 0.3) is 0 Å². The molecule has 0 aromatic carbocycles. The Hall–Kier alpha value is 0.500. The lowest BCUT2D eigenvalue weighted by molar-refractivity contribution is -0.111. The highest BCUT2D eigenvalue weighted by molar-refractivity contribution is 6.63. The summed E-state index contributed by atoms with van der Waals surface area (Å²) >= 11 is 16.4. The van der Waals surface area contributed by atoms with Gasteiger partial charge < -0.3 is 4.90 Å². The number of alkyl halides is 2. The van der Waals surface area contributed by atoms with Crippen molar-refractivity contribution in [1.29, 1.82) is 0 Å². The maximum Gasteiger partial charge on any atom is 0.221 e. The number of rotatable bonds is 8. The number of nitrogens with zero attached hydrogens (tertiary/aromatic N) is 1. The number of hydrogen-bond donors (Lipinski definition) is 0. The zero-order chi connectivity index (χ0) is 10.1. The average molecular weight is 247 g/mol. The minimum Gasteiger partial charge on any atom is -0.301 e. The van der Waals surface area contributed by atoms with Gasteiger partial charge in [0.05, 0.1) is 0 Å². The maximum absolute atomic E-state index is 10.4. The highest BCUT2D eigenvalue weighted by Gasteiger charge is 2.04. The molecule has 0 aliphatic carbocycles. The fraction of sp³-hybridized carbons (Fsp3) is 0.875. The molecule has 0 bridgehead atoms. The second-order valence-corrected chi connectivity index (χ2v) is 3.86. The van der Waals surface area contributed by atoms with E-state index in [1.807, 2.05) is 0 Å². The Balaban J connectivity index is 3.49. The van der Waals surface area contributed by atoms with Crippen molar-refractivity contribution in [3.8, 4) is 0 Å². The molecule has 0 spiro atoms. The average Bonchev–Trinajstić information content (AvgIpc) is 2.04. The molecule has 0 fully saturated rings. The summed E-state index contributed by atoms with van der Waals surface area (Å²) in [6.45, 7) is 2.45. The van der Waals surface area contributed by atoms with E-state index in [1.54, 1.807) is 0 Å². The molecule has 2 nitrogen and oxygen atoms in total. The number of carbonyl (C=O) groups excluding carboxylic acids is 1. The van der Waals surface area contributed by atoms with Gasteiger partial charge in [-0.2, -0.15) is 0 Å². The molecule has 0 heterocycles. The van der Waals surface area contributed by atoms with Gasteiger partial charge in [-0.25, -0.2) is 0 Å². The molecule has 0 N–H and O–H groups in total. The summed E-state index contributed by atoms with van der Waals surface area (Å²) in [5, 5.41) is -0.281. The molecule has 0 saturated carbocycles. The Morgan fingerprint density at radius 3 is 2.00 bits per heavy atom. The first-order valence-electron chi connectivity index (χ1n) is 4.23. The van der Waals surface area contributed by atoms with Gasteiger partial charge in [0.2, 0.25) is 5.24 Å². The smallest absolute Gasteiger partial charge is 0.221 e. The summed E-state index contributed by atoms with van der Waals surface area (Å²) in [5.74, 6) is 1.18. The van der Waals surface area contributed by atoms with Crippen molar-refractivity contribution in [2.45, 2.75) is 12.8 Å². The Kier molecular flexibility index (Phi) is 9.42. The molecule has 78 valence electrons. The highest BCUT2D eigenvalue weighted by Crippen LogP contribution is 1.99. The van der Waals surface area contributed by atoms with E-state index in [-0.39, 0.29) is 5.24 Å². The fourth-order valence-corrected chi connectivity index (χ4v) is 1.63. The van der Waals surface area contributed by atoms with E-state index in [4.69, 9.17) is 34.8 Å². The Bertz CT molecular complexity index is 137. The summed E-state index contributed by atoms with van der Waals surface area (Å²) in [6, 6.07) is 0. The Morgan fingerprint density at radius 2 is 1.62 bits per heavy atom. The minimum absolute atomic E-state index is 0.281. The molecule has 0 rings (SSSR count). The van der Waals surface area contributed by atoms with Crippen molar-refractivity contribution >= 4 is 40.0 Å². The lowest BCUT2D eigenvalue weighted by Gasteiger charge is -2.19. The lowest BCUT2D eigenvalue weighted by Crippen LogP contribution is -2.29. The van der Waals surface area contributed by atoms with E-state index in [0.717, 1.165) is 26.1 Å². The minimum atomic E-state index is -0.281. The molecule has 0 unspecified atom stereocenters. The normalized spacial score (nSPS) is 10.8. The standard InChI is InChI=1S/C8H14Cl3NO/c9-3-6-12(7-4-10)5-1-2-8(11)13/h1-7H2. The molecular weight excluding hydrogens is 232 g/mol. The molecule has 0 aromatic rings. The first-order valence-corrected chi connectivity index (χ1v) is 5.68. The van der Waals surface area contributed by atoms with E-state index in [0.29, 0.717) is 18.2 Å². The van der Waals surface area contributed by atoms with Crippen LogP contribution in [0.2, 0.25) is 0 Å². The molecular formula is C8H14Cl3NO. The van der Waals surface area contributed by atoms with Gasteiger partial charge in [-0.3, -0.25) is 4.79 Å². The maximum atomic E-state index is 10.4. The van der Waals surface area contributed by atoms with Crippen LogP contribution in [0.5, 0.6) is 0 Å². The molecule has 0 radical (unpaired) electrons. The van der Waals surface area contributed by atoms with Gasteiger partial charge in [0.1, 0.15) is 0 Å². The van der Waals surface area contributed by atoms with E-state index in [2.05, 4.69) is 4.90 Å². The highest BCUT2D eigenvalue weighted by atomic mass is 35.5. The van der Waals surface area contributed by atoms with Gasteiger partial charge in [0, 0.05) is 31.3 Å². The first-order chi connectivity index (χ1) is 6.20. The number of halogens is 3. The Labute approximate surface area is 94.1 Å². The van der Waals surface area contributed by atoms with Crippen LogP contribution in [0.25, 0.3) is 0 Å². The van der Waals surface area contributed by atoms with Crippen molar-refractivity contribution in [3.63, 3.8) is 0 Å². The quantitative estimate of drug-likeness (QED) is 0.484. The van der Waals surface area contributed by atoms with Crippen LogP contribution in [0.15, 0.2) is 0 Å². The predicted molar refractivity (Wildman–Crippen MR) is 58.0 cm³/mol. The van der Waals surface area contributed by atoms with Gasteiger partial charge >= 0.3 is 0 Å². The molecule has 0 saturated heterocycles. The van der Waals surface area contributed by atoms with Crippen LogP contribution < -0.4 is 0 Å². The number of carbonyl (C=O) groups is 1. The second kappa shape index (κ2) is 9.07. The third-order valence-electron chi connectivity index (χ3n) is 1.65. The van der Waals surface area contributed by atoms with Crippen LogP contribution >= 0.6 is 34.8 Å². The first kappa shape index (κ1) is 13.5. The fourth-order valence-electron chi connectivity index (χ4n) is 1.02. The lowest BCUT2D eigenvalue weighted by atomic mass is 10.3. The molecule has 13 heavy (non-hydrogen) atoms. The van der Waals surface area contributed by atoms with Crippen LogP contribution in [0.3, 0.4) is 0 Å². The summed E-state index contributed by atoms with van der Waals surface area (Å²) in [7, 11) is 0. The zero-order valence-electron chi connectivity index (χ0n) is 7.44. The van der Waals surface area contributed by atoms with E-state index < -0.39 is 0 Å². The van der Waals surface area contributed by atoms with E-state index >= 15 is 0 Å². The topological polar surface area (TPSA) is 20.3 Å². The molecule has 0 amide bonds. The SMILES string of the molecule is O=C(Cl)CCCN(CCCl)CCCl. The molecule has 0 aromatic heterocycles. The van der Waals surface area contributed by atoms with Crippen LogP contribution in [-0.4, -0.2) is 41.5 Å².